The number of hydrogen-bond acceptors (Lipinski definition) is 1. The van der Waals surface area contributed by atoms with E-state index in [1.165, 1.54) is 0 Å². The molecular weight excluding hydrogens is 219 g/mol. The molecule has 0 aliphatic heterocycles. The molecule has 2 rings (SSSR count). The first-order chi connectivity index (χ1) is 8.19. The standard InChI is InChI=1S/C14H17FO2/c15-10-11-5-4-6-12(9-11)14(13(16)17)7-2-1-3-8-14/h4-6,9H,1-3,7-8,10H2,(H,16,17). The van der Waals surface area contributed by atoms with Crippen molar-refractivity contribution in [2.45, 2.75) is 44.2 Å². The Kier molecular flexibility index (Phi) is 3.46. The van der Waals surface area contributed by atoms with E-state index in [1.807, 2.05) is 6.07 Å². The van der Waals surface area contributed by atoms with Gasteiger partial charge in [0.1, 0.15) is 6.67 Å². The van der Waals surface area contributed by atoms with Crippen molar-refractivity contribution < 1.29 is 14.3 Å². The van der Waals surface area contributed by atoms with E-state index in [0.29, 0.717) is 18.4 Å². The van der Waals surface area contributed by atoms with Gasteiger partial charge in [-0.25, -0.2) is 4.39 Å². The minimum atomic E-state index is -0.788. The van der Waals surface area contributed by atoms with Gasteiger partial charge < -0.3 is 5.11 Å². The van der Waals surface area contributed by atoms with Crippen LogP contribution in [0.25, 0.3) is 0 Å². The van der Waals surface area contributed by atoms with Crippen molar-refractivity contribution in [3.8, 4) is 0 Å². The molecule has 1 saturated carbocycles. The van der Waals surface area contributed by atoms with E-state index in [4.69, 9.17) is 0 Å². The van der Waals surface area contributed by atoms with E-state index in [-0.39, 0.29) is 0 Å². The average molecular weight is 236 g/mol. The number of carbonyl (C=O) groups is 1. The van der Waals surface area contributed by atoms with Crippen LogP contribution in [0, 0.1) is 0 Å². The summed E-state index contributed by atoms with van der Waals surface area (Å²) in [6, 6.07) is 6.98. The van der Waals surface area contributed by atoms with Gasteiger partial charge in [0.05, 0.1) is 5.41 Å². The van der Waals surface area contributed by atoms with Gasteiger partial charge >= 0.3 is 5.97 Å². The molecule has 92 valence electrons. The number of alkyl halides is 1. The van der Waals surface area contributed by atoms with Crippen LogP contribution in [0.3, 0.4) is 0 Å². The van der Waals surface area contributed by atoms with Crippen LogP contribution in [0.15, 0.2) is 24.3 Å². The van der Waals surface area contributed by atoms with E-state index in [2.05, 4.69) is 0 Å². The number of carboxylic acids is 1. The molecule has 0 radical (unpaired) electrons. The molecule has 3 heteroatoms. The van der Waals surface area contributed by atoms with Crippen LogP contribution in [-0.4, -0.2) is 11.1 Å². The first-order valence-corrected chi connectivity index (χ1v) is 6.08. The molecule has 1 aliphatic rings. The van der Waals surface area contributed by atoms with Gasteiger partial charge in [-0.15, -0.1) is 0 Å². The van der Waals surface area contributed by atoms with Gasteiger partial charge in [0.25, 0.3) is 0 Å². The lowest BCUT2D eigenvalue weighted by atomic mass is 9.69. The predicted molar refractivity (Wildman–Crippen MR) is 63.7 cm³/mol. The average Bonchev–Trinajstić information content (AvgIpc) is 2.39. The van der Waals surface area contributed by atoms with Crippen LogP contribution in [0.5, 0.6) is 0 Å². The number of rotatable bonds is 3. The van der Waals surface area contributed by atoms with Gasteiger partial charge in [-0.2, -0.15) is 0 Å². The first-order valence-electron chi connectivity index (χ1n) is 6.08. The summed E-state index contributed by atoms with van der Waals surface area (Å²) in [5, 5.41) is 9.51. The molecule has 17 heavy (non-hydrogen) atoms. The molecule has 0 atom stereocenters. The Morgan fingerprint density at radius 2 is 2.00 bits per heavy atom. The quantitative estimate of drug-likeness (QED) is 0.872. The fourth-order valence-corrected chi connectivity index (χ4v) is 2.73. The molecule has 0 heterocycles. The monoisotopic (exact) mass is 236 g/mol. The molecule has 2 nitrogen and oxygen atoms in total. The zero-order valence-electron chi connectivity index (χ0n) is 9.79. The maximum Gasteiger partial charge on any atom is 0.314 e. The van der Waals surface area contributed by atoms with E-state index in [1.54, 1.807) is 18.2 Å². The molecule has 0 unspecified atom stereocenters. The Bertz CT molecular complexity index is 408. The smallest absolute Gasteiger partial charge is 0.314 e. The number of benzene rings is 1. The summed E-state index contributed by atoms with van der Waals surface area (Å²) in [4.78, 5) is 11.6. The van der Waals surface area contributed by atoms with Crippen LogP contribution in [0.2, 0.25) is 0 Å². The first kappa shape index (κ1) is 12.1. The molecule has 1 aromatic rings. The molecule has 1 N–H and O–H groups in total. The van der Waals surface area contributed by atoms with Gasteiger partial charge in [-0.3, -0.25) is 4.79 Å². The zero-order chi connectivity index (χ0) is 12.3. The van der Waals surface area contributed by atoms with Crippen LogP contribution in [0.1, 0.15) is 43.2 Å². The summed E-state index contributed by atoms with van der Waals surface area (Å²) in [5.41, 5.74) is 0.539. The summed E-state index contributed by atoms with van der Waals surface area (Å²) < 4.78 is 12.7. The Morgan fingerprint density at radius 3 is 2.59 bits per heavy atom. The fraction of sp³-hybridized carbons (Fsp3) is 0.500. The Hall–Kier alpha value is -1.38. The summed E-state index contributed by atoms with van der Waals surface area (Å²) in [6.07, 6.45) is 4.30. The van der Waals surface area contributed by atoms with E-state index in [0.717, 1.165) is 24.8 Å². The lowest BCUT2D eigenvalue weighted by Crippen LogP contribution is -2.37. The van der Waals surface area contributed by atoms with Crippen LogP contribution in [-0.2, 0) is 16.9 Å². The molecule has 1 aromatic carbocycles. The predicted octanol–water partition coefficient (Wildman–Crippen LogP) is 3.44. The lowest BCUT2D eigenvalue weighted by Gasteiger charge is -2.33. The van der Waals surface area contributed by atoms with E-state index < -0.39 is 18.1 Å². The number of hydrogen-bond donors (Lipinski definition) is 1. The normalized spacial score (nSPS) is 18.9. The molecule has 0 amide bonds. The Labute approximate surface area is 100 Å². The van der Waals surface area contributed by atoms with Crippen molar-refractivity contribution in [3.05, 3.63) is 35.4 Å². The molecule has 1 aliphatic carbocycles. The number of aliphatic carboxylic acids is 1. The van der Waals surface area contributed by atoms with E-state index in [9.17, 15) is 14.3 Å². The highest BCUT2D eigenvalue weighted by atomic mass is 19.1. The van der Waals surface area contributed by atoms with Gasteiger partial charge in [-0.05, 0) is 24.0 Å². The van der Waals surface area contributed by atoms with Crippen molar-refractivity contribution >= 4 is 5.97 Å². The second-order valence-corrected chi connectivity index (χ2v) is 4.78. The van der Waals surface area contributed by atoms with Crippen molar-refractivity contribution in [1.82, 2.24) is 0 Å². The van der Waals surface area contributed by atoms with E-state index >= 15 is 0 Å². The van der Waals surface area contributed by atoms with Gasteiger partial charge in [0.15, 0.2) is 0 Å². The SMILES string of the molecule is O=C(O)C1(c2cccc(CF)c2)CCCCC1. The Morgan fingerprint density at radius 1 is 1.29 bits per heavy atom. The fourth-order valence-electron chi connectivity index (χ4n) is 2.73. The summed E-state index contributed by atoms with van der Waals surface area (Å²) in [7, 11) is 0. The number of halogens is 1. The third-order valence-electron chi connectivity index (χ3n) is 3.75. The Balaban J connectivity index is 2.41. The van der Waals surface area contributed by atoms with Gasteiger partial charge in [-0.1, -0.05) is 43.5 Å². The molecule has 0 saturated heterocycles. The van der Waals surface area contributed by atoms with Crippen LogP contribution >= 0.6 is 0 Å². The van der Waals surface area contributed by atoms with Crippen molar-refractivity contribution in [2.24, 2.45) is 0 Å². The summed E-state index contributed by atoms with van der Waals surface area (Å²) >= 11 is 0. The van der Waals surface area contributed by atoms with Crippen LogP contribution in [0.4, 0.5) is 4.39 Å². The maximum absolute atomic E-state index is 12.7. The highest BCUT2D eigenvalue weighted by Gasteiger charge is 2.41. The third kappa shape index (κ3) is 2.19. The highest BCUT2D eigenvalue weighted by molar-refractivity contribution is 5.81. The van der Waals surface area contributed by atoms with Crippen molar-refractivity contribution in [3.63, 3.8) is 0 Å². The molecule has 1 fully saturated rings. The minimum absolute atomic E-state index is 0.538. The second kappa shape index (κ2) is 4.86. The highest BCUT2D eigenvalue weighted by Crippen LogP contribution is 2.40. The molecule has 0 aromatic heterocycles. The summed E-state index contributed by atoms with van der Waals surface area (Å²) in [5.74, 6) is -0.770. The van der Waals surface area contributed by atoms with Crippen molar-refractivity contribution in [1.29, 1.82) is 0 Å². The minimum Gasteiger partial charge on any atom is -0.481 e. The maximum atomic E-state index is 12.7. The second-order valence-electron chi connectivity index (χ2n) is 4.78. The third-order valence-corrected chi connectivity index (χ3v) is 3.75. The zero-order valence-corrected chi connectivity index (χ0v) is 9.79. The molecular formula is C14H17FO2. The van der Waals surface area contributed by atoms with Crippen molar-refractivity contribution in [2.75, 3.05) is 0 Å². The summed E-state index contributed by atoms with van der Waals surface area (Å²) in [6.45, 7) is -0.538. The topological polar surface area (TPSA) is 37.3 Å². The molecule has 0 bridgehead atoms. The molecule has 0 spiro atoms. The number of carboxylic acid groups (broad SMARTS) is 1. The van der Waals surface area contributed by atoms with Crippen LogP contribution < -0.4 is 0 Å². The largest absolute Gasteiger partial charge is 0.481 e. The van der Waals surface area contributed by atoms with Gasteiger partial charge in [0.2, 0.25) is 0 Å². The lowest BCUT2D eigenvalue weighted by molar-refractivity contribution is -0.145. The van der Waals surface area contributed by atoms with Gasteiger partial charge in [0, 0.05) is 0 Å².